The Morgan fingerprint density at radius 2 is 1.90 bits per heavy atom. The highest BCUT2D eigenvalue weighted by molar-refractivity contribution is 14.1. The van der Waals surface area contributed by atoms with Gasteiger partial charge >= 0.3 is 5.97 Å². The van der Waals surface area contributed by atoms with E-state index in [1.54, 1.807) is 18.4 Å². The van der Waals surface area contributed by atoms with Crippen molar-refractivity contribution >= 4 is 95.8 Å². The number of benzene rings is 2. The molecule has 1 atom stereocenters. The van der Waals surface area contributed by atoms with Crippen LogP contribution in [0.15, 0.2) is 79.4 Å². The van der Waals surface area contributed by atoms with Crippen LogP contribution in [0.1, 0.15) is 35.9 Å². The molecule has 0 amide bonds. The van der Waals surface area contributed by atoms with Crippen LogP contribution < -0.4 is 19.6 Å². The summed E-state index contributed by atoms with van der Waals surface area (Å²) in [5.74, 6) is 0.361. The van der Waals surface area contributed by atoms with Gasteiger partial charge in [-0.1, -0.05) is 45.5 Å². The van der Waals surface area contributed by atoms with Crippen LogP contribution in [-0.4, -0.2) is 17.1 Å². The summed E-state index contributed by atoms with van der Waals surface area (Å²) >= 11 is 10.8. The minimum absolute atomic E-state index is 0.188. The maximum atomic E-state index is 13.8. The van der Waals surface area contributed by atoms with Gasteiger partial charge in [-0.15, -0.1) is 11.3 Å². The maximum absolute atomic E-state index is 13.8. The van der Waals surface area contributed by atoms with Gasteiger partial charge < -0.3 is 9.47 Å². The van der Waals surface area contributed by atoms with Crippen molar-refractivity contribution in [1.29, 1.82) is 0 Å². The van der Waals surface area contributed by atoms with E-state index in [2.05, 4.69) is 66.1 Å². The number of aromatic nitrogens is 1. The van der Waals surface area contributed by atoms with E-state index in [0.29, 0.717) is 27.2 Å². The molecule has 0 N–H and O–H groups in total. The molecular formula is C28H21BrI2N2O4S2. The highest BCUT2D eigenvalue weighted by Gasteiger charge is 2.33. The normalized spacial score (nSPS) is 15.2. The molecule has 0 saturated carbocycles. The first kappa shape index (κ1) is 28.7. The lowest BCUT2D eigenvalue weighted by atomic mass is 10.0. The van der Waals surface area contributed by atoms with Gasteiger partial charge in [-0.05, 0) is 112 Å². The second-order valence-corrected chi connectivity index (χ2v) is 13.8. The molecular weight excluding hydrogens is 826 g/mol. The van der Waals surface area contributed by atoms with E-state index in [1.807, 2.05) is 60.0 Å². The standard InChI is InChI=1S/C28H21BrI2N2O4S2/c1-3-36-27(35)23-15(2)32-28-33(24(23)21-5-4-10-38-21)26(34)22(39-28)13-17-11-19(30)25(20(31)12-17)37-14-16-6-8-18(29)9-7-16/h4-13,24H,3,14H2,1-2H3/b22-13-/t24-/m1/s1. The number of carbonyl (C=O) groups excluding carboxylic acids is 1. The van der Waals surface area contributed by atoms with Crippen molar-refractivity contribution in [3.05, 3.63) is 112 Å². The number of esters is 1. The van der Waals surface area contributed by atoms with Gasteiger partial charge in [0, 0.05) is 9.35 Å². The molecule has 0 fully saturated rings. The van der Waals surface area contributed by atoms with E-state index in [-0.39, 0.29) is 12.2 Å². The number of hydrogen-bond acceptors (Lipinski definition) is 7. The van der Waals surface area contributed by atoms with Gasteiger partial charge in [0.1, 0.15) is 18.4 Å². The van der Waals surface area contributed by atoms with Crippen molar-refractivity contribution in [3.8, 4) is 5.75 Å². The second kappa shape index (κ2) is 12.4. The van der Waals surface area contributed by atoms with Crippen LogP contribution in [0.4, 0.5) is 0 Å². The zero-order valence-electron chi connectivity index (χ0n) is 20.7. The third-order valence-electron chi connectivity index (χ3n) is 5.94. The van der Waals surface area contributed by atoms with Crippen LogP contribution in [0, 0.1) is 7.14 Å². The quantitative estimate of drug-likeness (QED) is 0.160. The molecule has 2 aromatic heterocycles. The number of ether oxygens (including phenoxy) is 2. The summed E-state index contributed by atoms with van der Waals surface area (Å²) in [6.45, 7) is 4.27. The van der Waals surface area contributed by atoms with E-state index in [1.165, 1.54) is 22.7 Å². The second-order valence-electron chi connectivity index (χ2n) is 8.55. The number of allylic oxidation sites excluding steroid dienone is 1. The highest BCUT2D eigenvalue weighted by Crippen LogP contribution is 2.33. The number of thiazole rings is 1. The number of hydrogen-bond donors (Lipinski definition) is 0. The summed E-state index contributed by atoms with van der Waals surface area (Å²) in [6, 6.07) is 15.3. The van der Waals surface area contributed by atoms with Gasteiger partial charge in [-0.25, -0.2) is 9.79 Å². The summed E-state index contributed by atoms with van der Waals surface area (Å²) in [6.07, 6.45) is 1.88. The van der Waals surface area contributed by atoms with Crippen LogP contribution >= 0.6 is 83.8 Å². The largest absolute Gasteiger partial charge is 0.487 e. The molecule has 3 heterocycles. The highest BCUT2D eigenvalue weighted by atomic mass is 127. The predicted octanol–water partition coefficient (Wildman–Crippen LogP) is 6.41. The molecule has 6 nitrogen and oxygen atoms in total. The average molecular weight is 847 g/mol. The van der Waals surface area contributed by atoms with Crippen LogP contribution in [0.3, 0.4) is 0 Å². The lowest BCUT2D eigenvalue weighted by Crippen LogP contribution is -2.39. The maximum Gasteiger partial charge on any atom is 0.338 e. The molecule has 39 heavy (non-hydrogen) atoms. The topological polar surface area (TPSA) is 69.9 Å². The number of fused-ring (bicyclic) bond motifs is 1. The Morgan fingerprint density at radius 1 is 1.18 bits per heavy atom. The fourth-order valence-corrected chi connectivity index (χ4v) is 8.46. The summed E-state index contributed by atoms with van der Waals surface area (Å²) in [4.78, 5) is 32.8. The number of carbonyl (C=O) groups is 1. The van der Waals surface area contributed by atoms with E-state index in [0.717, 1.165) is 33.4 Å². The Hall–Kier alpha value is -1.81. The smallest absolute Gasteiger partial charge is 0.338 e. The van der Waals surface area contributed by atoms with Crippen molar-refractivity contribution in [2.45, 2.75) is 26.5 Å². The van der Waals surface area contributed by atoms with Gasteiger partial charge in [0.25, 0.3) is 5.56 Å². The first-order valence-electron chi connectivity index (χ1n) is 11.9. The predicted molar refractivity (Wildman–Crippen MR) is 175 cm³/mol. The fourth-order valence-electron chi connectivity index (χ4n) is 4.20. The number of halogens is 3. The molecule has 1 aliphatic heterocycles. The summed E-state index contributed by atoms with van der Waals surface area (Å²) in [7, 11) is 0. The first-order chi connectivity index (χ1) is 18.8. The Balaban J connectivity index is 1.52. The molecule has 1 aliphatic rings. The molecule has 200 valence electrons. The number of rotatable bonds is 7. The van der Waals surface area contributed by atoms with Gasteiger partial charge in [0.2, 0.25) is 0 Å². The van der Waals surface area contributed by atoms with E-state index >= 15 is 0 Å². The molecule has 11 heteroatoms. The van der Waals surface area contributed by atoms with Crippen LogP contribution in [0.25, 0.3) is 6.08 Å². The third kappa shape index (κ3) is 6.11. The van der Waals surface area contributed by atoms with Crippen molar-refractivity contribution in [2.24, 2.45) is 4.99 Å². The van der Waals surface area contributed by atoms with Crippen LogP contribution in [0.2, 0.25) is 0 Å². The molecule has 0 radical (unpaired) electrons. The van der Waals surface area contributed by atoms with Crippen molar-refractivity contribution in [1.82, 2.24) is 4.57 Å². The van der Waals surface area contributed by atoms with Gasteiger partial charge in [-0.3, -0.25) is 9.36 Å². The molecule has 4 aromatic rings. The summed E-state index contributed by atoms with van der Waals surface area (Å²) in [5, 5.41) is 1.94. The summed E-state index contributed by atoms with van der Waals surface area (Å²) in [5.41, 5.74) is 2.74. The Kier molecular flexibility index (Phi) is 9.11. The van der Waals surface area contributed by atoms with Crippen molar-refractivity contribution in [2.75, 3.05) is 6.61 Å². The van der Waals surface area contributed by atoms with Crippen LogP contribution in [0.5, 0.6) is 5.75 Å². The van der Waals surface area contributed by atoms with E-state index in [9.17, 15) is 9.59 Å². The van der Waals surface area contributed by atoms with Crippen LogP contribution in [-0.2, 0) is 16.1 Å². The first-order valence-corrected chi connectivity index (χ1v) is 16.5. The van der Waals surface area contributed by atoms with Gasteiger partial charge in [-0.2, -0.15) is 0 Å². The fraction of sp³-hybridized carbons (Fsp3) is 0.179. The van der Waals surface area contributed by atoms with Crippen molar-refractivity contribution < 1.29 is 14.3 Å². The minimum atomic E-state index is -0.572. The van der Waals surface area contributed by atoms with Gasteiger partial charge in [0.15, 0.2) is 4.80 Å². The lowest BCUT2D eigenvalue weighted by Gasteiger charge is -2.23. The van der Waals surface area contributed by atoms with E-state index in [4.69, 9.17) is 9.47 Å². The molecule has 0 aliphatic carbocycles. The molecule has 0 saturated heterocycles. The monoisotopic (exact) mass is 846 g/mol. The Labute approximate surface area is 268 Å². The SMILES string of the molecule is CCOC(=O)C1=C(C)N=c2s/c(=C\c3cc(I)c(OCc4ccc(Br)cc4)c(I)c3)c(=O)n2[C@@H]1c1cccs1. The molecule has 0 unspecified atom stereocenters. The lowest BCUT2D eigenvalue weighted by molar-refractivity contribution is -0.139. The molecule has 0 spiro atoms. The average Bonchev–Trinajstić information content (AvgIpc) is 3.52. The zero-order valence-corrected chi connectivity index (χ0v) is 28.3. The number of thiophene rings is 1. The Morgan fingerprint density at radius 3 is 2.54 bits per heavy atom. The molecule has 5 rings (SSSR count). The summed E-state index contributed by atoms with van der Waals surface area (Å²) < 4.78 is 16.6. The van der Waals surface area contributed by atoms with Gasteiger partial charge in [0.05, 0.1) is 29.5 Å². The molecule has 0 bridgehead atoms. The minimum Gasteiger partial charge on any atom is -0.487 e. The zero-order chi connectivity index (χ0) is 27.7. The number of nitrogens with zero attached hydrogens (tertiary/aromatic N) is 2. The Bertz CT molecular complexity index is 1740. The third-order valence-corrected chi connectivity index (χ3v) is 9.98. The van der Waals surface area contributed by atoms with E-state index < -0.39 is 12.0 Å². The molecule has 2 aromatic carbocycles. The van der Waals surface area contributed by atoms with Crippen molar-refractivity contribution in [3.63, 3.8) is 0 Å².